The van der Waals surface area contributed by atoms with Crippen molar-refractivity contribution in [2.24, 2.45) is 0 Å². The molecule has 0 radical (unpaired) electrons. The third kappa shape index (κ3) is 6.30. The lowest BCUT2D eigenvalue weighted by Crippen LogP contribution is -2.27. The smallest absolute Gasteiger partial charge is 0.416 e. The van der Waals surface area contributed by atoms with E-state index in [0.29, 0.717) is 40.0 Å². The van der Waals surface area contributed by atoms with Gasteiger partial charge in [0.05, 0.1) is 10.6 Å². The lowest BCUT2D eigenvalue weighted by molar-refractivity contribution is -0.139. The van der Waals surface area contributed by atoms with Crippen molar-refractivity contribution in [3.63, 3.8) is 0 Å². The number of hydrogen-bond donors (Lipinski definition) is 1. The van der Waals surface area contributed by atoms with E-state index in [1.807, 2.05) is 13.0 Å². The van der Waals surface area contributed by atoms with Gasteiger partial charge in [0.2, 0.25) is 0 Å². The van der Waals surface area contributed by atoms with Crippen LogP contribution in [0.5, 0.6) is 5.75 Å². The quantitative estimate of drug-likeness (QED) is 0.316. The molecule has 182 valence electrons. The average molecular weight is 513 g/mol. The maximum Gasteiger partial charge on any atom is 0.416 e. The number of alkyl halides is 3. The van der Waals surface area contributed by atoms with E-state index in [1.54, 1.807) is 32.0 Å². The van der Waals surface area contributed by atoms with Crippen LogP contribution in [0.1, 0.15) is 43.2 Å². The second-order valence-corrected chi connectivity index (χ2v) is 10.2. The van der Waals surface area contributed by atoms with Gasteiger partial charge in [-0.2, -0.15) is 13.2 Å². The van der Waals surface area contributed by atoms with Gasteiger partial charge in [-0.05, 0) is 49.7 Å². The fourth-order valence-electron chi connectivity index (χ4n) is 3.08. The largest absolute Gasteiger partial charge is 0.487 e. The highest BCUT2D eigenvalue weighted by Crippen LogP contribution is 2.34. The first-order valence-corrected chi connectivity index (χ1v) is 11.8. The van der Waals surface area contributed by atoms with Gasteiger partial charge in [0.1, 0.15) is 28.6 Å². The number of carboxylic acids is 1. The van der Waals surface area contributed by atoms with Crippen LogP contribution in [0, 0.1) is 0 Å². The Balaban J connectivity index is 1.74. The molecule has 0 unspecified atom stereocenters. The topological polar surface area (TPSA) is 59.7 Å². The minimum Gasteiger partial charge on any atom is -0.487 e. The van der Waals surface area contributed by atoms with Gasteiger partial charge in [0, 0.05) is 23.3 Å². The number of furan rings is 1. The second-order valence-electron chi connectivity index (χ2n) is 8.15. The van der Waals surface area contributed by atoms with Crippen LogP contribution >= 0.6 is 23.4 Å². The Kier molecular flexibility index (Phi) is 7.93. The lowest BCUT2D eigenvalue weighted by atomic mass is 10.1. The Labute approximate surface area is 205 Å². The molecule has 0 fully saturated rings. The number of carboxylic acid groups (broad SMARTS) is 1. The predicted octanol–water partition coefficient (Wildman–Crippen LogP) is 7.86. The maximum absolute atomic E-state index is 12.8. The molecule has 1 N–H and O–H groups in total. The summed E-state index contributed by atoms with van der Waals surface area (Å²) in [7, 11) is 0. The van der Waals surface area contributed by atoms with Gasteiger partial charge in [-0.15, -0.1) is 11.8 Å². The van der Waals surface area contributed by atoms with Crippen molar-refractivity contribution in [2.45, 2.75) is 50.5 Å². The van der Waals surface area contributed by atoms with Crippen molar-refractivity contribution in [3.05, 3.63) is 76.0 Å². The minimum atomic E-state index is -4.40. The molecule has 3 aromatic rings. The highest BCUT2D eigenvalue weighted by molar-refractivity contribution is 8.00. The molecule has 0 aliphatic rings. The third-order valence-electron chi connectivity index (χ3n) is 5.21. The zero-order valence-corrected chi connectivity index (χ0v) is 20.4. The molecule has 3 rings (SSSR count). The molecule has 0 saturated heterocycles. The summed E-state index contributed by atoms with van der Waals surface area (Å²) >= 11 is 7.58. The number of aliphatic carboxylic acids is 1. The molecule has 9 heteroatoms. The van der Waals surface area contributed by atoms with Crippen LogP contribution in [0.2, 0.25) is 5.02 Å². The van der Waals surface area contributed by atoms with Crippen molar-refractivity contribution >= 4 is 29.3 Å². The fourth-order valence-corrected chi connectivity index (χ4v) is 4.09. The van der Waals surface area contributed by atoms with Crippen molar-refractivity contribution in [1.29, 1.82) is 0 Å². The van der Waals surface area contributed by atoms with Crippen LogP contribution in [-0.2, 0) is 29.8 Å². The van der Waals surface area contributed by atoms with Gasteiger partial charge in [0.25, 0.3) is 0 Å². The van der Waals surface area contributed by atoms with Gasteiger partial charge in [-0.1, -0.05) is 36.7 Å². The molecule has 0 aliphatic heterocycles. The zero-order chi connectivity index (χ0) is 25.1. The number of thioether (sulfide) groups is 1. The van der Waals surface area contributed by atoms with E-state index in [0.717, 1.165) is 23.3 Å². The first-order chi connectivity index (χ1) is 15.9. The number of rotatable bonds is 9. The normalized spacial score (nSPS) is 12.1. The van der Waals surface area contributed by atoms with Crippen molar-refractivity contribution in [3.8, 4) is 17.1 Å². The van der Waals surface area contributed by atoms with Crippen molar-refractivity contribution in [2.75, 3.05) is 0 Å². The second kappa shape index (κ2) is 10.4. The summed E-state index contributed by atoms with van der Waals surface area (Å²) in [6.45, 7) is 5.36. The number of ether oxygens (including phenoxy) is 1. The standard InChI is InChI=1S/C25H24ClF3O4S/c1-4-20-17(12-21(33-20)16-6-8-18(9-7-16)25(27,28)29)13-32-22-11-15(5-10-19(22)26)14-34-24(2,3)23(30)31/h5-12H,4,13-14H2,1-3H3,(H,30,31). The van der Waals surface area contributed by atoms with Gasteiger partial charge < -0.3 is 14.3 Å². The monoisotopic (exact) mass is 512 g/mol. The molecular formula is C25H24ClF3O4S. The zero-order valence-electron chi connectivity index (χ0n) is 18.8. The number of hydrogen-bond acceptors (Lipinski definition) is 4. The Morgan fingerprint density at radius 2 is 1.79 bits per heavy atom. The Hall–Kier alpha value is -2.58. The van der Waals surface area contributed by atoms with E-state index in [-0.39, 0.29) is 6.61 Å². The first kappa shape index (κ1) is 26.0. The summed E-state index contributed by atoms with van der Waals surface area (Å²) < 4.78 is 49.4. The molecule has 0 spiro atoms. The molecule has 4 nitrogen and oxygen atoms in total. The van der Waals surface area contributed by atoms with Gasteiger partial charge in [-0.25, -0.2) is 0 Å². The number of benzene rings is 2. The highest BCUT2D eigenvalue weighted by Gasteiger charge is 2.30. The molecule has 0 aliphatic carbocycles. The lowest BCUT2D eigenvalue weighted by Gasteiger charge is -2.18. The van der Waals surface area contributed by atoms with Crippen LogP contribution in [0.15, 0.2) is 52.9 Å². The summed E-state index contributed by atoms with van der Waals surface area (Å²) in [4.78, 5) is 11.3. The minimum absolute atomic E-state index is 0.157. The van der Waals surface area contributed by atoms with E-state index in [1.165, 1.54) is 23.9 Å². The van der Waals surface area contributed by atoms with Crippen LogP contribution in [-0.4, -0.2) is 15.8 Å². The third-order valence-corrected chi connectivity index (χ3v) is 6.89. The molecule has 1 heterocycles. The molecule has 0 atom stereocenters. The van der Waals surface area contributed by atoms with Crippen LogP contribution in [0.4, 0.5) is 13.2 Å². The van der Waals surface area contributed by atoms with Crippen LogP contribution < -0.4 is 4.74 Å². The molecule has 2 aromatic carbocycles. The van der Waals surface area contributed by atoms with E-state index in [9.17, 15) is 23.1 Å². The number of carbonyl (C=O) groups is 1. The summed E-state index contributed by atoms with van der Waals surface area (Å²) in [5, 5.41) is 9.70. The van der Waals surface area contributed by atoms with Crippen molar-refractivity contribution in [1.82, 2.24) is 0 Å². The Morgan fingerprint density at radius 1 is 1.12 bits per heavy atom. The molecule has 34 heavy (non-hydrogen) atoms. The van der Waals surface area contributed by atoms with E-state index < -0.39 is 22.5 Å². The molecule has 1 aromatic heterocycles. The molecule has 0 amide bonds. The SMILES string of the molecule is CCc1oc(-c2ccc(C(F)(F)F)cc2)cc1COc1cc(CSC(C)(C)C(=O)O)ccc1Cl. The van der Waals surface area contributed by atoms with Gasteiger partial charge in [0.15, 0.2) is 0 Å². The maximum atomic E-state index is 12.8. The summed E-state index contributed by atoms with van der Waals surface area (Å²) in [5.41, 5.74) is 1.45. The van der Waals surface area contributed by atoms with Gasteiger partial charge >= 0.3 is 12.1 Å². The Morgan fingerprint density at radius 3 is 2.38 bits per heavy atom. The van der Waals surface area contributed by atoms with E-state index >= 15 is 0 Å². The van der Waals surface area contributed by atoms with Crippen LogP contribution in [0.25, 0.3) is 11.3 Å². The Bertz CT molecular complexity index is 1150. The number of halogens is 4. The molecule has 0 bridgehead atoms. The highest BCUT2D eigenvalue weighted by atomic mass is 35.5. The van der Waals surface area contributed by atoms with Crippen LogP contribution in [0.3, 0.4) is 0 Å². The van der Waals surface area contributed by atoms with Gasteiger partial charge in [-0.3, -0.25) is 4.79 Å². The molecule has 0 saturated carbocycles. The summed E-state index contributed by atoms with van der Waals surface area (Å²) in [5.74, 6) is 1.15. The predicted molar refractivity (Wildman–Crippen MR) is 127 cm³/mol. The average Bonchev–Trinajstić information content (AvgIpc) is 3.20. The van der Waals surface area contributed by atoms with Crippen molar-refractivity contribution < 1.29 is 32.2 Å². The van der Waals surface area contributed by atoms with E-state index in [4.69, 9.17) is 20.8 Å². The molecular weight excluding hydrogens is 489 g/mol. The summed E-state index contributed by atoms with van der Waals surface area (Å²) in [6.07, 6.45) is -3.82. The van der Waals surface area contributed by atoms with E-state index in [2.05, 4.69) is 0 Å². The summed E-state index contributed by atoms with van der Waals surface area (Å²) in [6, 6.07) is 11.8. The first-order valence-electron chi connectivity index (χ1n) is 10.5. The fraction of sp³-hybridized carbons (Fsp3) is 0.320. The number of aryl methyl sites for hydroxylation is 1.